The zero-order valence-corrected chi connectivity index (χ0v) is 10.3. The average Bonchev–Trinajstić information content (AvgIpc) is 2.39. The van der Waals surface area contributed by atoms with Crippen molar-refractivity contribution in [2.45, 2.75) is 12.8 Å². The number of ether oxygens (including phenoxy) is 2. The van der Waals surface area contributed by atoms with Crippen molar-refractivity contribution in [2.75, 3.05) is 14.2 Å². The largest absolute Gasteiger partial charge is 0.490 e. The topological polar surface area (TPSA) is 127 Å². The summed E-state index contributed by atoms with van der Waals surface area (Å²) in [5.74, 6) is -1.88. The van der Waals surface area contributed by atoms with Crippen LogP contribution in [0, 0.1) is 5.41 Å². The highest BCUT2D eigenvalue weighted by molar-refractivity contribution is 5.99. The third-order valence-electron chi connectivity index (χ3n) is 2.46. The maximum Gasteiger partial charge on any atom is 0.322 e. The molecule has 0 spiro atoms. The van der Waals surface area contributed by atoms with E-state index >= 15 is 0 Å². The first-order valence-corrected chi connectivity index (χ1v) is 4.90. The number of carboxylic acids is 2. The van der Waals surface area contributed by atoms with E-state index in [0.29, 0.717) is 0 Å². The van der Waals surface area contributed by atoms with Crippen LogP contribution in [0.2, 0.25) is 0 Å². The van der Waals surface area contributed by atoms with Gasteiger partial charge in [-0.1, -0.05) is 0 Å². The fourth-order valence-electron chi connectivity index (χ4n) is 1.30. The minimum atomic E-state index is -2.47. The summed E-state index contributed by atoms with van der Waals surface area (Å²) in [5.41, 5.74) is -2.47. The van der Waals surface area contributed by atoms with Gasteiger partial charge < -0.3 is 19.7 Å². The number of rotatable bonds is 8. The molecular weight excluding hydrogens is 260 g/mol. The van der Waals surface area contributed by atoms with Gasteiger partial charge in [-0.3, -0.25) is 9.59 Å². The van der Waals surface area contributed by atoms with E-state index in [4.69, 9.17) is 10.2 Å². The SMILES string of the molecule is COC(=C=O)CC(CC(=C=O)OC)(C(=O)O)C(=O)O. The predicted molar refractivity (Wildman–Crippen MR) is 59.4 cm³/mol. The number of carbonyl (C=O) groups excluding carboxylic acids is 2. The zero-order chi connectivity index (χ0) is 15.1. The molecule has 0 saturated carbocycles. The van der Waals surface area contributed by atoms with E-state index in [9.17, 15) is 19.2 Å². The van der Waals surface area contributed by atoms with Gasteiger partial charge in [-0.2, -0.15) is 0 Å². The van der Waals surface area contributed by atoms with Crippen molar-refractivity contribution in [1.29, 1.82) is 0 Å². The van der Waals surface area contributed by atoms with Gasteiger partial charge in [0.05, 0.1) is 14.2 Å². The molecule has 0 aliphatic rings. The lowest BCUT2D eigenvalue weighted by atomic mass is 9.80. The van der Waals surface area contributed by atoms with Crippen LogP contribution in [0.1, 0.15) is 12.8 Å². The van der Waals surface area contributed by atoms with Crippen molar-refractivity contribution in [1.82, 2.24) is 0 Å². The lowest BCUT2D eigenvalue weighted by Gasteiger charge is -2.24. The number of carbonyl (C=O) groups is 2. The second kappa shape index (κ2) is 7.00. The summed E-state index contributed by atoms with van der Waals surface area (Å²) < 4.78 is 9.04. The minimum absolute atomic E-state index is 0.494. The van der Waals surface area contributed by atoms with Gasteiger partial charge in [0.1, 0.15) is 0 Å². The fraction of sp³-hybridized carbons (Fsp3) is 0.455. The molecule has 0 saturated heterocycles. The molecule has 0 radical (unpaired) electrons. The van der Waals surface area contributed by atoms with Crippen molar-refractivity contribution in [3.63, 3.8) is 0 Å². The summed E-state index contributed by atoms with van der Waals surface area (Å²) in [4.78, 5) is 43.4. The third kappa shape index (κ3) is 3.70. The maximum atomic E-state index is 11.2. The van der Waals surface area contributed by atoms with Crippen LogP contribution in [0.4, 0.5) is 0 Å². The van der Waals surface area contributed by atoms with E-state index in [2.05, 4.69) is 9.47 Å². The monoisotopic (exact) mass is 272 g/mol. The predicted octanol–water partition coefficient (Wildman–Crippen LogP) is -0.354. The van der Waals surface area contributed by atoms with Crippen LogP contribution >= 0.6 is 0 Å². The number of hydrogen-bond donors (Lipinski definition) is 2. The Balaban J connectivity index is 5.70. The van der Waals surface area contributed by atoms with E-state index in [1.165, 1.54) is 11.9 Å². The highest BCUT2D eigenvalue weighted by atomic mass is 16.5. The average molecular weight is 272 g/mol. The molecule has 8 heteroatoms. The van der Waals surface area contributed by atoms with Gasteiger partial charge >= 0.3 is 11.9 Å². The first-order valence-electron chi connectivity index (χ1n) is 4.90. The molecule has 2 N–H and O–H groups in total. The number of methoxy groups -OCH3 is 2. The first kappa shape index (κ1) is 16.4. The van der Waals surface area contributed by atoms with Crippen LogP contribution in [0.15, 0.2) is 11.5 Å². The Morgan fingerprint density at radius 3 is 1.42 bits per heavy atom. The summed E-state index contributed by atoms with van der Waals surface area (Å²) in [6.07, 6.45) is -1.54. The summed E-state index contributed by atoms with van der Waals surface area (Å²) in [5, 5.41) is 18.2. The van der Waals surface area contributed by atoms with Gasteiger partial charge in [-0.05, 0) is 0 Å². The standard InChI is InChI=1S/C11H12O8/c1-18-7(5-12)3-11(9(14)15,10(16)17)4-8(6-13)19-2/h3-4H2,1-2H3,(H,14,15)(H,16,17). The molecule has 0 bridgehead atoms. The lowest BCUT2D eigenvalue weighted by molar-refractivity contribution is -0.165. The third-order valence-corrected chi connectivity index (χ3v) is 2.46. The van der Waals surface area contributed by atoms with E-state index in [0.717, 1.165) is 14.2 Å². The first-order chi connectivity index (χ1) is 8.87. The van der Waals surface area contributed by atoms with Gasteiger partial charge in [0, 0.05) is 12.8 Å². The number of aliphatic carboxylic acids is 2. The van der Waals surface area contributed by atoms with E-state index in [-0.39, 0.29) is 0 Å². The number of allylic oxidation sites excluding steroid dienone is 2. The van der Waals surface area contributed by atoms with Crippen molar-refractivity contribution < 1.29 is 38.9 Å². The van der Waals surface area contributed by atoms with Gasteiger partial charge in [0.25, 0.3) is 0 Å². The van der Waals surface area contributed by atoms with Gasteiger partial charge in [0.2, 0.25) is 0 Å². The Labute approximate surface area is 107 Å². The quantitative estimate of drug-likeness (QED) is 0.348. The summed E-state index contributed by atoms with van der Waals surface area (Å²) in [6.45, 7) is 0. The molecule has 0 amide bonds. The van der Waals surface area contributed by atoms with Crippen LogP contribution in [-0.2, 0) is 28.7 Å². The zero-order valence-electron chi connectivity index (χ0n) is 10.3. The van der Waals surface area contributed by atoms with E-state index in [1.807, 2.05) is 0 Å². The van der Waals surface area contributed by atoms with Gasteiger partial charge in [-0.15, -0.1) is 0 Å². The molecule has 0 unspecified atom stereocenters. The Kier molecular flexibility index (Phi) is 6.06. The minimum Gasteiger partial charge on any atom is -0.490 e. The van der Waals surface area contributed by atoms with Crippen LogP contribution in [0.5, 0.6) is 0 Å². The van der Waals surface area contributed by atoms with Gasteiger partial charge in [0.15, 0.2) is 28.8 Å². The van der Waals surface area contributed by atoms with Crippen molar-refractivity contribution in [3.05, 3.63) is 11.5 Å². The molecule has 0 fully saturated rings. The smallest absolute Gasteiger partial charge is 0.322 e. The van der Waals surface area contributed by atoms with Gasteiger partial charge in [-0.25, -0.2) is 9.59 Å². The Morgan fingerprint density at radius 1 is 0.947 bits per heavy atom. The molecule has 0 aromatic heterocycles. The Morgan fingerprint density at radius 2 is 1.26 bits per heavy atom. The molecule has 104 valence electrons. The van der Waals surface area contributed by atoms with Crippen LogP contribution in [-0.4, -0.2) is 48.3 Å². The fourth-order valence-corrected chi connectivity index (χ4v) is 1.30. The van der Waals surface area contributed by atoms with Crippen molar-refractivity contribution >= 4 is 23.8 Å². The highest BCUT2D eigenvalue weighted by Gasteiger charge is 2.49. The van der Waals surface area contributed by atoms with Crippen LogP contribution in [0.25, 0.3) is 0 Å². The molecule has 0 aliphatic heterocycles. The molecule has 0 aromatic rings. The maximum absolute atomic E-state index is 11.2. The molecular formula is C11H12O8. The summed E-state index contributed by atoms with van der Waals surface area (Å²) in [7, 11) is 2.14. The Bertz CT molecular complexity index is 421. The molecule has 0 heterocycles. The molecule has 0 aliphatic carbocycles. The summed E-state index contributed by atoms with van der Waals surface area (Å²) >= 11 is 0. The van der Waals surface area contributed by atoms with E-state index in [1.54, 1.807) is 0 Å². The Hall–Kier alpha value is -2.56. The molecule has 0 aromatic carbocycles. The highest BCUT2D eigenvalue weighted by Crippen LogP contribution is 2.33. The van der Waals surface area contributed by atoms with Crippen molar-refractivity contribution in [2.24, 2.45) is 5.41 Å². The molecule has 8 nitrogen and oxygen atoms in total. The normalized spacial score (nSPS) is 9.79. The second-order valence-corrected chi connectivity index (χ2v) is 3.50. The van der Waals surface area contributed by atoms with E-state index < -0.39 is 41.7 Å². The van der Waals surface area contributed by atoms with Crippen LogP contribution in [0.3, 0.4) is 0 Å². The second-order valence-electron chi connectivity index (χ2n) is 3.50. The lowest BCUT2D eigenvalue weighted by Crippen LogP contribution is -2.40. The number of hydrogen-bond acceptors (Lipinski definition) is 6. The summed E-state index contributed by atoms with van der Waals surface area (Å²) in [6, 6.07) is 0. The molecule has 19 heavy (non-hydrogen) atoms. The molecule has 0 rings (SSSR count). The molecule has 0 atom stereocenters. The number of carboxylic acid groups (broad SMARTS) is 2. The van der Waals surface area contributed by atoms with Crippen molar-refractivity contribution in [3.8, 4) is 0 Å². The van der Waals surface area contributed by atoms with Crippen LogP contribution < -0.4 is 0 Å².